The van der Waals surface area contributed by atoms with Gasteiger partial charge in [0.05, 0.1) is 0 Å². The smallest absolute Gasteiger partial charge is 0.0441 e. The molecule has 0 amide bonds. The van der Waals surface area contributed by atoms with Crippen LogP contribution >= 0.6 is 11.8 Å². The lowest BCUT2D eigenvalue weighted by molar-refractivity contribution is 0.289. The van der Waals surface area contributed by atoms with Gasteiger partial charge in [-0.2, -0.15) is 11.8 Å². The molecular weight excluding hydrogens is 194 g/mol. The molecule has 2 N–H and O–H groups in total. The van der Waals surface area contributed by atoms with E-state index in [0.717, 1.165) is 12.3 Å². The van der Waals surface area contributed by atoms with Crippen LogP contribution < -0.4 is 5.32 Å². The fourth-order valence-electron chi connectivity index (χ4n) is 1.87. The number of thioether (sulfide) groups is 1. The minimum Gasteiger partial charge on any atom is -0.396 e. The van der Waals surface area contributed by atoms with Gasteiger partial charge in [0.2, 0.25) is 0 Å². The molecule has 1 unspecified atom stereocenters. The van der Waals surface area contributed by atoms with Crippen molar-refractivity contribution in [2.24, 2.45) is 5.92 Å². The van der Waals surface area contributed by atoms with E-state index in [1.54, 1.807) is 0 Å². The van der Waals surface area contributed by atoms with E-state index in [2.05, 4.69) is 12.2 Å². The van der Waals surface area contributed by atoms with Crippen LogP contribution in [-0.4, -0.2) is 35.8 Å². The lowest BCUT2D eigenvalue weighted by atomic mass is 9.96. The lowest BCUT2D eigenvalue weighted by Crippen LogP contribution is -2.28. The first-order chi connectivity index (χ1) is 6.83. The molecule has 0 aromatic rings. The van der Waals surface area contributed by atoms with Crippen molar-refractivity contribution in [3.63, 3.8) is 0 Å². The predicted molar refractivity (Wildman–Crippen MR) is 63.8 cm³/mol. The van der Waals surface area contributed by atoms with E-state index in [9.17, 15) is 0 Å². The average Bonchev–Trinajstić information content (AvgIpc) is 2.20. The van der Waals surface area contributed by atoms with Crippen molar-refractivity contribution < 1.29 is 5.11 Å². The summed E-state index contributed by atoms with van der Waals surface area (Å²) in [7, 11) is 0. The van der Waals surface area contributed by atoms with E-state index in [1.165, 1.54) is 38.1 Å². The molecule has 1 saturated heterocycles. The molecule has 84 valence electrons. The molecule has 0 aromatic heterocycles. The zero-order valence-electron chi connectivity index (χ0n) is 9.17. The predicted octanol–water partition coefficient (Wildman–Crippen LogP) is 1.88. The highest BCUT2D eigenvalue weighted by Crippen LogP contribution is 2.21. The fraction of sp³-hybridized carbons (Fsp3) is 1.00. The Morgan fingerprint density at radius 1 is 1.43 bits per heavy atom. The van der Waals surface area contributed by atoms with Crippen molar-refractivity contribution in [3.05, 3.63) is 0 Å². The number of hydrogen-bond acceptors (Lipinski definition) is 3. The maximum Gasteiger partial charge on any atom is 0.0441 e. The van der Waals surface area contributed by atoms with Gasteiger partial charge in [-0.3, -0.25) is 0 Å². The Labute approximate surface area is 91.9 Å². The molecule has 1 fully saturated rings. The molecule has 1 heterocycles. The Kier molecular flexibility index (Phi) is 6.65. The topological polar surface area (TPSA) is 32.3 Å². The van der Waals surface area contributed by atoms with Gasteiger partial charge in [-0.05, 0) is 50.4 Å². The summed E-state index contributed by atoms with van der Waals surface area (Å²) in [5.41, 5.74) is 0. The first-order valence-electron chi connectivity index (χ1n) is 5.76. The van der Waals surface area contributed by atoms with Gasteiger partial charge in [0.15, 0.2) is 0 Å². The van der Waals surface area contributed by atoms with Gasteiger partial charge in [-0.25, -0.2) is 0 Å². The monoisotopic (exact) mass is 217 g/mol. The molecule has 0 aromatic carbocycles. The van der Waals surface area contributed by atoms with E-state index in [0.29, 0.717) is 11.9 Å². The zero-order chi connectivity index (χ0) is 10.2. The Morgan fingerprint density at radius 3 is 2.79 bits per heavy atom. The number of aliphatic hydroxyl groups is 1. The largest absolute Gasteiger partial charge is 0.396 e. The summed E-state index contributed by atoms with van der Waals surface area (Å²) in [5, 5.41) is 12.8. The molecule has 0 saturated carbocycles. The number of rotatable bonds is 6. The average molecular weight is 217 g/mol. The van der Waals surface area contributed by atoms with Crippen LogP contribution in [0.2, 0.25) is 0 Å². The summed E-state index contributed by atoms with van der Waals surface area (Å²) in [5.74, 6) is 2.22. The van der Waals surface area contributed by atoms with Gasteiger partial charge < -0.3 is 10.4 Å². The summed E-state index contributed by atoms with van der Waals surface area (Å²) in [4.78, 5) is 0. The highest BCUT2D eigenvalue weighted by atomic mass is 32.2. The molecule has 3 heteroatoms. The first kappa shape index (κ1) is 12.3. The summed E-state index contributed by atoms with van der Waals surface area (Å²) >= 11 is 2.01. The third-order valence-electron chi connectivity index (χ3n) is 2.92. The number of piperidine rings is 1. The fourth-order valence-corrected chi connectivity index (χ4v) is 3.02. The zero-order valence-corrected chi connectivity index (χ0v) is 9.98. The maximum atomic E-state index is 8.76. The van der Waals surface area contributed by atoms with Crippen molar-refractivity contribution >= 4 is 11.8 Å². The molecule has 0 bridgehead atoms. The molecule has 2 nitrogen and oxygen atoms in total. The van der Waals surface area contributed by atoms with Crippen LogP contribution in [-0.2, 0) is 0 Å². The minimum absolute atomic E-state index is 0.335. The second-order valence-corrected chi connectivity index (χ2v) is 5.72. The molecule has 1 aliphatic rings. The number of nitrogens with one attached hydrogen (secondary N) is 1. The van der Waals surface area contributed by atoms with Crippen LogP contribution in [0.1, 0.15) is 32.6 Å². The molecule has 0 spiro atoms. The first-order valence-corrected chi connectivity index (χ1v) is 6.81. The second kappa shape index (κ2) is 7.55. The third kappa shape index (κ3) is 5.23. The Bertz CT molecular complexity index is 137. The van der Waals surface area contributed by atoms with Gasteiger partial charge in [0.25, 0.3) is 0 Å². The Balaban J connectivity index is 1.96. The highest BCUT2D eigenvalue weighted by Gasteiger charge is 2.12. The Morgan fingerprint density at radius 2 is 2.14 bits per heavy atom. The van der Waals surface area contributed by atoms with Gasteiger partial charge >= 0.3 is 0 Å². The van der Waals surface area contributed by atoms with Crippen LogP contribution in [0.25, 0.3) is 0 Å². The minimum atomic E-state index is 0.335. The lowest BCUT2D eigenvalue weighted by Gasteiger charge is -2.22. The van der Waals surface area contributed by atoms with E-state index in [1.807, 2.05) is 11.8 Å². The van der Waals surface area contributed by atoms with Crippen LogP contribution in [0.3, 0.4) is 0 Å². The standard InChI is InChI=1S/C11H23NOS/c1-10(4-8-13)14-9-5-11-2-6-12-7-3-11/h10-13H,2-9H2,1H3. The van der Waals surface area contributed by atoms with E-state index >= 15 is 0 Å². The molecule has 0 aliphatic carbocycles. The molecule has 0 radical (unpaired) electrons. The van der Waals surface area contributed by atoms with Crippen molar-refractivity contribution in [2.45, 2.75) is 37.9 Å². The SMILES string of the molecule is CC(CCO)SCCC1CCNCC1. The van der Waals surface area contributed by atoms with Gasteiger partial charge in [-0.15, -0.1) is 0 Å². The Hall–Kier alpha value is 0.270. The van der Waals surface area contributed by atoms with E-state index in [4.69, 9.17) is 5.11 Å². The molecule has 1 aliphatic heterocycles. The summed E-state index contributed by atoms with van der Waals surface area (Å²) in [6, 6.07) is 0. The van der Waals surface area contributed by atoms with Crippen LogP contribution in [0.5, 0.6) is 0 Å². The molecular formula is C11H23NOS. The van der Waals surface area contributed by atoms with Crippen molar-refractivity contribution in [2.75, 3.05) is 25.4 Å². The molecule has 1 rings (SSSR count). The van der Waals surface area contributed by atoms with Gasteiger partial charge in [0, 0.05) is 11.9 Å². The maximum absolute atomic E-state index is 8.76. The van der Waals surface area contributed by atoms with E-state index < -0.39 is 0 Å². The van der Waals surface area contributed by atoms with Crippen LogP contribution in [0.15, 0.2) is 0 Å². The third-order valence-corrected chi connectivity index (χ3v) is 4.20. The second-order valence-electron chi connectivity index (χ2n) is 4.18. The van der Waals surface area contributed by atoms with Crippen molar-refractivity contribution in [1.29, 1.82) is 0 Å². The number of hydrogen-bond donors (Lipinski definition) is 2. The summed E-state index contributed by atoms with van der Waals surface area (Å²) < 4.78 is 0. The van der Waals surface area contributed by atoms with Crippen LogP contribution in [0, 0.1) is 5.92 Å². The quantitative estimate of drug-likeness (QED) is 0.712. The van der Waals surface area contributed by atoms with Crippen LogP contribution in [0.4, 0.5) is 0 Å². The van der Waals surface area contributed by atoms with E-state index in [-0.39, 0.29) is 0 Å². The van der Waals surface area contributed by atoms with Crippen molar-refractivity contribution in [1.82, 2.24) is 5.32 Å². The highest BCUT2D eigenvalue weighted by molar-refractivity contribution is 7.99. The number of aliphatic hydroxyl groups excluding tert-OH is 1. The van der Waals surface area contributed by atoms with Crippen molar-refractivity contribution in [3.8, 4) is 0 Å². The normalized spacial score (nSPS) is 21.0. The van der Waals surface area contributed by atoms with Gasteiger partial charge in [-0.1, -0.05) is 6.92 Å². The van der Waals surface area contributed by atoms with Gasteiger partial charge in [0.1, 0.15) is 0 Å². The summed E-state index contributed by atoms with van der Waals surface area (Å²) in [6.07, 6.45) is 5.02. The molecule has 1 atom stereocenters. The summed E-state index contributed by atoms with van der Waals surface area (Å²) in [6.45, 7) is 4.97. The molecule has 14 heavy (non-hydrogen) atoms.